The van der Waals surface area contributed by atoms with Crippen molar-refractivity contribution >= 4 is 0 Å². The summed E-state index contributed by atoms with van der Waals surface area (Å²) in [5.74, 6) is 5.58. The Morgan fingerprint density at radius 2 is 1.19 bits per heavy atom. The average molecular weight is 228 g/mol. The molecular formula is C14H32N2. The molecule has 1 unspecified atom stereocenters. The Bertz CT molecular complexity index is 126. The molecule has 98 valence electrons. The first kappa shape index (κ1) is 15.9. The van der Waals surface area contributed by atoms with Gasteiger partial charge < -0.3 is 0 Å². The van der Waals surface area contributed by atoms with E-state index in [1.165, 1.54) is 70.6 Å². The lowest BCUT2D eigenvalue weighted by atomic mass is 10.0. The van der Waals surface area contributed by atoms with Gasteiger partial charge in [-0.3, -0.25) is 11.3 Å². The summed E-state index contributed by atoms with van der Waals surface area (Å²) >= 11 is 0. The zero-order valence-corrected chi connectivity index (χ0v) is 11.4. The van der Waals surface area contributed by atoms with Gasteiger partial charge in [0.1, 0.15) is 0 Å². The van der Waals surface area contributed by atoms with Crippen molar-refractivity contribution in [2.45, 2.75) is 90.5 Å². The molecule has 2 heteroatoms. The molecule has 0 aliphatic heterocycles. The van der Waals surface area contributed by atoms with Gasteiger partial charge in [-0.25, -0.2) is 0 Å². The van der Waals surface area contributed by atoms with E-state index in [0.29, 0.717) is 6.04 Å². The zero-order chi connectivity index (χ0) is 12.1. The Morgan fingerprint density at radius 3 is 1.62 bits per heavy atom. The molecule has 0 aromatic carbocycles. The van der Waals surface area contributed by atoms with Crippen LogP contribution in [0.25, 0.3) is 0 Å². The molecule has 0 aromatic heterocycles. The standard InChI is InChI=1S/C14H32N2/c1-3-5-7-9-11-13-14(16-15)12-10-8-6-4-2/h14,16H,3-13,15H2,1-2H3. The summed E-state index contributed by atoms with van der Waals surface area (Å²) in [6.07, 6.45) is 14.7. The van der Waals surface area contributed by atoms with E-state index in [0.717, 1.165) is 0 Å². The van der Waals surface area contributed by atoms with Gasteiger partial charge in [0, 0.05) is 6.04 Å². The molecule has 0 aliphatic rings. The van der Waals surface area contributed by atoms with Crippen molar-refractivity contribution in [3.63, 3.8) is 0 Å². The lowest BCUT2D eigenvalue weighted by molar-refractivity contribution is 0.421. The van der Waals surface area contributed by atoms with E-state index < -0.39 is 0 Å². The predicted octanol–water partition coefficient (Wildman–Crippen LogP) is 4.15. The van der Waals surface area contributed by atoms with E-state index in [-0.39, 0.29) is 0 Å². The molecule has 0 radical (unpaired) electrons. The lowest BCUT2D eigenvalue weighted by Gasteiger charge is -2.15. The van der Waals surface area contributed by atoms with E-state index in [4.69, 9.17) is 5.84 Å². The maximum Gasteiger partial charge on any atom is 0.0210 e. The van der Waals surface area contributed by atoms with E-state index in [1.54, 1.807) is 0 Å². The summed E-state index contributed by atoms with van der Waals surface area (Å²) in [5.41, 5.74) is 2.97. The maximum atomic E-state index is 5.58. The van der Waals surface area contributed by atoms with E-state index in [2.05, 4.69) is 19.3 Å². The van der Waals surface area contributed by atoms with E-state index in [9.17, 15) is 0 Å². The van der Waals surface area contributed by atoms with Gasteiger partial charge in [-0.05, 0) is 12.8 Å². The molecule has 0 bridgehead atoms. The second-order valence-corrected chi connectivity index (χ2v) is 4.92. The highest BCUT2D eigenvalue weighted by molar-refractivity contribution is 4.63. The van der Waals surface area contributed by atoms with Gasteiger partial charge in [0.15, 0.2) is 0 Å². The SMILES string of the molecule is CCCCCCCC(CCCCCC)NN. The van der Waals surface area contributed by atoms with Crippen LogP contribution in [0, 0.1) is 0 Å². The normalized spacial score (nSPS) is 12.9. The van der Waals surface area contributed by atoms with Gasteiger partial charge in [-0.2, -0.15) is 0 Å². The zero-order valence-electron chi connectivity index (χ0n) is 11.4. The summed E-state index contributed by atoms with van der Waals surface area (Å²) in [5, 5.41) is 0. The van der Waals surface area contributed by atoms with Crippen molar-refractivity contribution in [2.75, 3.05) is 0 Å². The van der Waals surface area contributed by atoms with Gasteiger partial charge in [0.2, 0.25) is 0 Å². The van der Waals surface area contributed by atoms with Gasteiger partial charge in [-0.15, -0.1) is 0 Å². The highest BCUT2D eigenvalue weighted by Gasteiger charge is 2.05. The quantitative estimate of drug-likeness (QED) is 0.299. The highest BCUT2D eigenvalue weighted by atomic mass is 15.2. The van der Waals surface area contributed by atoms with E-state index >= 15 is 0 Å². The number of nitrogens with one attached hydrogen (secondary N) is 1. The minimum absolute atomic E-state index is 0.554. The van der Waals surface area contributed by atoms with Crippen LogP contribution in [0.4, 0.5) is 0 Å². The Kier molecular flexibility index (Phi) is 12.9. The molecule has 0 saturated heterocycles. The third-order valence-electron chi connectivity index (χ3n) is 3.30. The Morgan fingerprint density at radius 1 is 0.750 bits per heavy atom. The van der Waals surface area contributed by atoms with Crippen molar-refractivity contribution in [2.24, 2.45) is 5.84 Å². The Labute approximate surface area is 102 Å². The van der Waals surface area contributed by atoms with Crippen LogP contribution < -0.4 is 11.3 Å². The first-order valence-corrected chi connectivity index (χ1v) is 7.31. The highest BCUT2D eigenvalue weighted by Crippen LogP contribution is 2.12. The molecule has 3 N–H and O–H groups in total. The number of unbranched alkanes of at least 4 members (excludes halogenated alkanes) is 7. The predicted molar refractivity (Wildman–Crippen MR) is 73.2 cm³/mol. The third-order valence-corrected chi connectivity index (χ3v) is 3.30. The molecule has 0 rings (SSSR count). The van der Waals surface area contributed by atoms with Gasteiger partial charge in [0.05, 0.1) is 0 Å². The summed E-state index contributed by atoms with van der Waals surface area (Å²) in [7, 11) is 0. The summed E-state index contributed by atoms with van der Waals surface area (Å²) in [6, 6.07) is 0.554. The molecule has 0 aliphatic carbocycles. The molecule has 0 saturated carbocycles. The molecule has 0 aromatic rings. The Balaban J connectivity index is 3.29. The van der Waals surface area contributed by atoms with Gasteiger partial charge in [0.25, 0.3) is 0 Å². The molecule has 0 amide bonds. The Hall–Kier alpha value is -0.0800. The van der Waals surface area contributed by atoms with Crippen LogP contribution in [0.2, 0.25) is 0 Å². The molecule has 0 spiro atoms. The van der Waals surface area contributed by atoms with Crippen LogP contribution in [0.3, 0.4) is 0 Å². The number of nitrogens with two attached hydrogens (primary N) is 1. The topological polar surface area (TPSA) is 38.0 Å². The second-order valence-electron chi connectivity index (χ2n) is 4.92. The maximum absolute atomic E-state index is 5.58. The monoisotopic (exact) mass is 228 g/mol. The third kappa shape index (κ3) is 10.4. The van der Waals surface area contributed by atoms with Crippen LogP contribution in [-0.4, -0.2) is 6.04 Å². The van der Waals surface area contributed by atoms with E-state index in [1.807, 2.05) is 0 Å². The summed E-state index contributed by atoms with van der Waals surface area (Å²) in [4.78, 5) is 0. The second kappa shape index (κ2) is 13.0. The van der Waals surface area contributed by atoms with Crippen LogP contribution in [0.15, 0.2) is 0 Å². The van der Waals surface area contributed by atoms with Crippen molar-refractivity contribution < 1.29 is 0 Å². The first-order chi connectivity index (χ1) is 7.85. The van der Waals surface area contributed by atoms with Crippen molar-refractivity contribution in [1.82, 2.24) is 5.43 Å². The summed E-state index contributed by atoms with van der Waals surface area (Å²) in [6.45, 7) is 4.52. The van der Waals surface area contributed by atoms with Crippen LogP contribution in [0.1, 0.15) is 84.5 Å². The molecule has 0 heterocycles. The van der Waals surface area contributed by atoms with Crippen molar-refractivity contribution in [3.8, 4) is 0 Å². The molecule has 2 nitrogen and oxygen atoms in total. The van der Waals surface area contributed by atoms with Crippen molar-refractivity contribution in [1.29, 1.82) is 0 Å². The first-order valence-electron chi connectivity index (χ1n) is 7.31. The number of hydrogen-bond donors (Lipinski definition) is 2. The van der Waals surface area contributed by atoms with Crippen molar-refractivity contribution in [3.05, 3.63) is 0 Å². The lowest BCUT2D eigenvalue weighted by Crippen LogP contribution is -2.34. The smallest absolute Gasteiger partial charge is 0.0210 e. The minimum Gasteiger partial charge on any atom is -0.271 e. The fraction of sp³-hybridized carbons (Fsp3) is 1.00. The molecule has 16 heavy (non-hydrogen) atoms. The van der Waals surface area contributed by atoms with Gasteiger partial charge >= 0.3 is 0 Å². The molecular weight excluding hydrogens is 196 g/mol. The van der Waals surface area contributed by atoms with Crippen LogP contribution >= 0.6 is 0 Å². The average Bonchev–Trinajstić information content (AvgIpc) is 2.31. The fourth-order valence-electron chi connectivity index (χ4n) is 2.12. The minimum atomic E-state index is 0.554. The summed E-state index contributed by atoms with van der Waals surface area (Å²) < 4.78 is 0. The molecule has 0 fully saturated rings. The van der Waals surface area contributed by atoms with Crippen LogP contribution in [-0.2, 0) is 0 Å². The number of rotatable bonds is 12. The fourth-order valence-corrected chi connectivity index (χ4v) is 2.12. The van der Waals surface area contributed by atoms with Crippen LogP contribution in [0.5, 0.6) is 0 Å². The number of hydrogen-bond acceptors (Lipinski definition) is 2. The largest absolute Gasteiger partial charge is 0.271 e. The molecule has 1 atom stereocenters. The van der Waals surface area contributed by atoms with Gasteiger partial charge in [-0.1, -0.05) is 71.6 Å². The number of hydrazine groups is 1.